The third-order valence-corrected chi connectivity index (χ3v) is 7.43. The number of rotatable bonds is 9. The van der Waals surface area contributed by atoms with E-state index in [0.717, 1.165) is 37.0 Å². The van der Waals surface area contributed by atoms with Gasteiger partial charge in [0.25, 0.3) is 0 Å². The number of aryl methyl sites for hydroxylation is 1. The lowest BCUT2D eigenvalue weighted by Gasteiger charge is -2.23. The van der Waals surface area contributed by atoms with Crippen molar-refractivity contribution in [2.75, 3.05) is 43.2 Å². The Morgan fingerprint density at radius 1 is 1.09 bits per heavy atom. The predicted molar refractivity (Wildman–Crippen MR) is 163 cm³/mol. The maximum absolute atomic E-state index is 12.8. The second-order valence-electron chi connectivity index (χ2n) is 10.2. The van der Waals surface area contributed by atoms with Gasteiger partial charge in [-0.15, -0.1) is 0 Å². The number of ether oxygens (including phenoxy) is 2. The summed E-state index contributed by atoms with van der Waals surface area (Å²) in [5, 5.41) is 16.9. The average Bonchev–Trinajstić information content (AvgIpc) is 3.63. The molecule has 0 aliphatic carbocycles. The van der Waals surface area contributed by atoms with Crippen LogP contribution in [0.5, 0.6) is 11.5 Å². The minimum atomic E-state index is -0.392. The van der Waals surface area contributed by atoms with Crippen molar-refractivity contribution in [2.24, 2.45) is 5.92 Å². The molecule has 6 rings (SSSR count). The third-order valence-electron chi connectivity index (χ3n) is 7.43. The highest BCUT2D eigenvalue weighted by molar-refractivity contribution is 6.01. The normalized spacial score (nSPS) is 13.6. The van der Waals surface area contributed by atoms with Gasteiger partial charge in [0.15, 0.2) is 23.1 Å². The minimum Gasteiger partial charge on any atom is -0.497 e. The van der Waals surface area contributed by atoms with Crippen molar-refractivity contribution in [3.05, 3.63) is 54.7 Å². The van der Waals surface area contributed by atoms with Gasteiger partial charge in [-0.05, 0) is 73.4 Å². The summed E-state index contributed by atoms with van der Waals surface area (Å²) >= 11 is 0. The Hall–Kier alpha value is -5.17. The standard InChI is InChI=1S/C30H33N9O4/c1-3-39-27-23(42-17-18-10-12-32-13-11-18)16-33-24(25(27)36-29(39)26-28(31)38-43-37-26)19-6-4-7-20(14-19)34-30(40)35-21-8-5-9-22(15-21)41-2/h4-9,14-16,18,32H,3,10-13,17H2,1-2H3,(H2,31,38)(H2,34,35,40). The first kappa shape index (κ1) is 28.0. The van der Waals surface area contributed by atoms with Crippen LogP contribution in [0, 0.1) is 5.92 Å². The van der Waals surface area contributed by atoms with Gasteiger partial charge >= 0.3 is 6.03 Å². The molecular weight excluding hydrogens is 550 g/mol. The van der Waals surface area contributed by atoms with E-state index in [2.05, 4.69) is 26.3 Å². The Morgan fingerprint density at radius 3 is 2.58 bits per heavy atom. The van der Waals surface area contributed by atoms with Crippen LogP contribution in [-0.4, -0.2) is 57.7 Å². The number of anilines is 3. The van der Waals surface area contributed by atoms with E-state index in [4.69, 9.17) is 29.8 Å². The molecule has 2 amide bonds. The first-order chi connectivity index (χ1) is 21.0. The maximum atomic E-state index is 12.8. The molecule has 0 bridgehead atoms. The molecule has 3 aromatic heterocycles. The molecule has 1 aliphatic heterocycles. The van der Waals surface area contributed by atoms with Crippen molar-refractivity contribution >= 4 is 34.3 Å². The van der Waals surface area contributed by atoms with Crippen LogP contribution in [0.3, 0.4) is 0 Å². The summed E-state index contributed by atoms with van der Waals surface area (Å²) < 4.78 is 18.5. The van der Waals surface area contributed by atoms with Gasteiger partial charge in [0.2, 0.25) is 0 Å². The summed E-state index contributed by atoms with van der Waals surface area (Å²) in [5.41, 5.74) is 10.4. The lowest BCUT2D eigenvalue weighted by molar-refractivity contribution is 0.216. The van der Waals surface area contributed by atoms with Gasteiger partial charge in [0, 0.05) is 29.5 Å². The lowest BCUT2D eigenvalue weighted by Crippen LogP contribution is -2.30. The molecule has 13 nitrogen and oxygen atoms in total. The van der Waals surface area contributed by atoms with Crippen molar-refractivity contribution in [3.8, 4) is 34.3 Å². The number of hydrogen-bond donors (Lipinski definition) is 4. The summed E-state index contributed by atoms with van der Waals surface area (Å²) in [4.78, 5) is 22.5. The van der Waals surface area contributed by atoms with E-state index >= 15 is 0 Å². The van der Waals surface area contributed by atoms with Crippen LogP contribution >= 0.6 is 0 Å². The van der Waals surface area contributed by atoms with Crippen molar-refractivity contribution < 1.29 is 18.9 Å². The average molecular weight is 584 g/mol. The fourth-order valence-electron chi connectivity index (χ4n) is 5.26. The molecule has 222 valence electrons. The van der Waals surface area contributed by atoms with Gasteiger partial charge in [-0.3, -0.25) is 0 Å². The Bertz CT molecular complexity index is 1740. The van der Waals surface area contributed by atoms with Gasteiger partial charge < -0.3 is 35.7 Å². The van der Waals surface area contributed by atoms with E-state index in [1.165, 1.54) is 0 Å². The number of imidazole rings is 1. The van der Waals surface area contributed by atoms with Crippen LogP contribution in [0.15, 0.2) is 59.4 Å². The summed E-state index contributed by atoms with van der Waals surface area (Å²) in [6, 6.07) is 14.2. The van der Waals surface area contributed by atoms with Gasteiger partial charge in [0.05, 0.1) is 25.6 Å². The number of methoxy groups -OCH3 is 1. The second kappa shape index (κ2) is 12.4. The van der Waals surface area contributed by atoms with Gasteiger partial charge in [-0.25, -0.2) is 19.4 Å². The van der Waals surface area contributed by atoms with Crippen LogP contribution in [-0.2, 0) is 6.54 Å². The molecule has 0 radical (unpaired) electrons. The summed E-state index contributed by atoms with van der Waals surface area (Å²) in [6.45, 7) is 5.13. The molecule has 13 heteroatoms. The topological polar surface area (TPSA) is 167 Å². The van der Waals surface area contributed by atoms with Crippen LogP contribution < -0.4 is 31.2 Å². The number of carbonyl (C=O) groups excluding carboxylic acids is 1. The first-order valence-electron chi connectivity index (χ1n) is 14.2. The highest BCUT2D eigenvalue weighted by atomic mass is 16.6. The number of fused-ring (bicyclic) bond motifs is 1. The maximum Gasteiger partial charge on any atom is 0.323 e. The molecule has 2 aromatic carbocycles. The smallest absolute Gasteiger partial charge is 0.323 e. The molecule has 0 unspecified atom stereocenters. The number of aromatic nitrogens is 5. The zero-order valence-electron chi connectivity index (χ0n) is 24.0. The van der Waals surface area contributed by atoms with Gasteiger partial charge in [-0.2, -0.15) is 0 Å². The number of pyridine rings is 1. The molecule has 1 saturated heterocycles. The number of hydrogen-bond acceptors (Lipinski definition) is 10. The number of piperidine rings is 1. The van der Waals surface area contributed by atoms with Crippen LogP contribution in [0.4, 0.5) is 22.0 Å². The van der Waals surface area contributed by atoms with Crippen LogP contribution in [0.2, 0.25) is 0 Å². The number of nitrogen functional groups attached to an aromatic ring is 1. The highest BCUT2D eigenvalue weighted by Crippen LogP contribution is 2.37. The number of urea groups is 1. The Balaban J connectivity index is 1.35. The first-order valence-corrected chi connectivity index (χ1v) is 14.2. The number of nitrogens with two attached hydrogens (primary N) is 1. The number of nitrogens with zero attached hydrogens (tertiary/aromatic N) is 5. The van der Waals surface area contributed by atoms with Crippen LogP contribution in [0.25, 0.3) is 33.8 Å². The molecule has 0 saturated carbocycles. The summed E-state index contributed by atoms with van der Waals surface area (Å²) in [5.74, 6) is 2.37. The molecule has 1 fully saturated rings. The molecule has 4 heterocycles. The van der Waals surface area contributed by atoms with Crippen LogP contribution in [0.1, 0.15) is 19.8 Å². The van der Waals surface area contributed by atoms with E-state index in [-0.39, 0.29) is 5.82 Å². The second-order valence-corrected chi connectivity index (χ2v) is 10.2. The zero-order valence-corrected chi connectivity index (χ0v) is 24.0. The number of carbonyl (C=O) groups is 1. The van der Waals surface area contributed by atoms with Crippen molar-refractivity contribution in [1.82, 2.24) is 30.2 Å². The van der Waals surface area contributed by atoms with Gasteiger partial charge in [0.1, 0.15) is 16.8 Å². The summed E-state index contributed by atoms with van der Waals surface area (Å²) in [6.07, 6.45) is 3.84. The predicted octanol–water partition coefficient (Wildman–Crippen LogP) is 4.78. The Morgan fingerprint density at radius 2 is 1.86 bits per heavy atom. The fraction of sp³-hybridized carbons (Fsp3) is 0.300. The van der Waals surface area contributed by atoms with Crippen molar-refractivity contribution in [1.29, 1.82) is 0 Å². The quantitative estimate of drug-likeness (QED) is 0.190. The summed E-state index contributed by atoms with van der Waals surface area (Å²) in [7, 11) is 1.58. The molecule has 0 atom stereocenters. The molecule has 5 aromatic rings. The highest BCUT2D eigenvalue weighted by Gasteiger charge is 2.25. The number of benzene rings is 2. The largest absolute Gasteiger partial charge is 0.497 e. The molecule has 43 heavy (non-hydrogen) atoms. The SMILES string of the molecule is CCn1c(-c2nonc2N)nc2c(-c3cccc(NC(=O)Nc4cccc(OC)c4)c3)ncc(OCC3CCNCC3)c21. The van der Waals surface area contributed by atoms with E-state index in [1.54, 1.807) is 37.6 Å². The molecule has 5 N–H and O–H groups in total. The number of nitrogens with one attached hydrogen (secondary N) is 3. The zero-order chi connectivity index (χ0) is 29.8. The lowest BCUT2D eigenvalue weighted by atomic mass is 9.99. The van der Waals surface area contributed by atoms with E-state index in [0.29, 0.717) is 64.7 Å². The Labute approximate surface area is 247 Å². The molecule has 1 aliphatic rings. The van der Waals surface area contributed by atoms with E-state index in [1.807, 2.05) is 35.8 Å². The monoisotopic (exact) mass is 583 g/mol. The third kappa shape index (κ3) is 5.93. The van der Waals surface area contributed by atoms with Crippen molar-refractivity contribution in [2.45, 2.75) is 26.3 Å². The molecule has 0 spiro atoms. The minimum absolute atomic E-state index is 0.143. The van der Waals surface area contributed by atoms with Gasteiger partial charge in [-0.1, -0.05) is 18.2 Å². The van der Waals surface area contributed by atoms with Crippen molar-refractivity contribution in [3.63, 3.8) is 0 Å². The number of amides is 2. The van der Waals surface area contributed by atoms with E-state index < -0.39 is 6.03 Å². The molecular formula is C30H33N9O4. The fourth-order valence-corrected chi connectivity index (χ4v) is 5.26. The Kier molecular flexibility index (Phi) is 8.05. The van der Waals surface area contributed by atoms with E-state index in [9.17, 15) is 4.79 Å².